The van der Waals surface area contributed by atoms with Gasteiger partial charge in [0.25, 0.3) is 0 Å². The van der Waals surface area contributed by atoms with Crippen molar-refractivity contribution < 1.29 is 17.9 Å². The first-order chi connectivity index (χ1) is 11.4. The highest BCUT2D eigenvalue weighted by atomic mass is 19.4. The third-order valence-electron chi connectivity index (χ3n) is 3.97. The van der Waals surface area contributed by atoms with Gasteiger partial charge in [-0.25, -0.2) is 4.99 Å². The minimum Gasteiger partial charge on any atom is -0.484 e. The molecule has 0 aliphatic heterocycles. The summed E-state index contributed by atoms with van der Waals surface area (Å²) in [5, 5.41) is 3.26. The molecule has 0 radical (unpaired) electrons. The van der Waals surface area contributed by atoms with Crippen molar-refractivity contribution in [3.63, 3.8) is 0 Å². The second kappa shape index (κ2) is 8.80. The Morgan fingerprint density at radius 2 is 1.75 bits per heavy atom. The van der Waals surface area contributed by atoms with Crippen LogP contribution < -0.4 is 15.8 Å². The summed E-state index contributed by atoms with van der Waals surface area (Å²) in [6, 6.07) is 6.77. The van der Waals surface area contributed by atoms with Crippen LogP contribution in [0.4, 0.5) is 13.2 Å². The fourth-order valence-corrected chi connectivity index (χ4v) is 2.71. The number of hydrogen-bond acceptors (Lipinski definition) is 2. The molecule has 0 atom stereocenters. The summed E-state index contributed by atoms with van der Waals surface area (Å²) >= 11 is 0. The van der Waals surface area contributed by atoms with Crippen molar-refractivity contribution in [2.45, 2.75) is 57.3 Å². The molecule has 0 spiro atoms. The molecule has 0 heterocycles. The third kappa shape index (κ3) is 7.10. The molecule has 1 aliphatic carbocycles. The standard InChI is InChI=1S/C17H24F3N3O/c18-17(19,20)12-24-15-9-7-13(8-10-15)11-22-16(21)23-14-5-3-1-2-4-6-14/h7-10,14H,1-6,11-12H2,(H3,21,22,23). The number of guanidine groups is 1. The van der Waals surface area contributed by atoms with Crippen LogP contribution in [0.5, 0.6) is 5.75 Å². The molecule has 4 nitrogen and oxygen atoms in total. The molecular weight excluding hydrogens is 319 g/mol. The molecule has 7 heteroatoms. The monoisotopic (exact) mass is 343 g/mol. The number of nitrogens with two attached hydrogens (primary N) is 1. The molecule has 1 saturated carbocycles. The fraction of sp³-hybridized carbons (Fsp3) is 0.588. The Kier molecular flexibility index (Phi) is 6.75. The summed E-state index contributed by atoms with van der Waals surface area (Å²) in [5.74, 6) is 0.601. The number of benzene rings is 1. The van der Waals surface area contributed by atoms with Crippen molar-refractivity contribution in [3.8, 4) is 5.75 Å². The molecule has 0 unspecified atom stereocenters. The molecule has 0 saturated heterocycles. The molecule has 1 aliphatic rings. The summed E-state index contributed by atoms with van der Waals surface area (Å²) < 4.78 is 40.9. The number of alkyl halides is 3. The van der Waals surface area contributed by atoms with E-state index in [4.69, 9.17) is 5.73 Å². The van der Waals surface area contributed by atoms with E-state index in [0.29, 0.717) is 18.5 Å². The summed E-state index contributed by atoms with van der Waals surface area (Å²) in [5.41, 5.74) is 6.78. The van der Waals surface area contributed by atoms with Gasteiger partial charge in [0.2, 0.25) is 0 Å². The van der Waals surface area contributed by atoms with Gasteiger partial charge in [-0.3, -0.25) is 0 Å². The van der Waals surface area contributed by atoms with Gasteiger partial charge in [0.15, 0.2) is 12.6 Å². The van der Waals surface area contributed by atoms with E-state index >= 15 is 0 Å². The van der Waals surface area contributed by atoms with E-state index in [9.17, 15) is 13.2 Å². The first kappa shape index (κ1) is 18.4. The lowest BCUT2D eigenvalue weighted by Crippen LogP contribution is -2.39. The molecule has 1 fully saturated rings. The lowest BCUT2D eigenvalue weighted by atomic mass is 10.1. The van der Waals surface area contributed by atoms with Crippen LogP contribution in [0.3, 0.4) is 0 Å². The SMILES string of the molecule is NC(=NCc1ccc(OCC(F)(F)F)cc1)NC1CCCCCC1. The summed E-state index contributed by atoms with van der Waals surface area (Å²) in [4.78, 5) is 4.30. The number of ether oxygens (including phenoxy) is 1. The number of rotatable bonds is 5. The van der Waals surface area contributed by atoms with E-state index < -0.39 is 12.8 Å². The van der Waals surface area contributed by atoms with Gasteiger partial charge in [-0.1, -0.05) is 37.8 Å². The first-order valence-electron chi connectivity index (χ1n) is 8.27. The van der Waals surface area contributed by atoms with Crippen molar-refractivity contribution in [3.05, 3.63) is 29.8 Å². The molecular formula is C17H24F3N3O. The first-order valence-corrected chi connectivity index (χ1v) is 8.27. The summed E-state index contributed by atoms with van der Waals surface area (Å²) in [7, 11) is 0. The largest absolute Gasteiger partial charge is 0.484 e. The number of nitrogens with one attached hydrogen (secondary N) is 1. The van der Waals surface area contributed by atoms with Crippen LogP contribution in [-0.4, -0.2) is 24.8 Å². The molecule has 1 aromatic rings. The maximum atomic E-state index is 12.1. The Labute approximate surface area is 140 Å². The van der Waals surface area contributed by atoms with Gasteiger partial charge in [0, 0.05) is 6.04 Å². The van der Waals surface area contributed by atoms with Gasteiger partial charge < -0.3 is 15.8 Å². The second-order valence-corrected chi connectivity index (χ2v) is 6.08. The van der Waals surface area contributed by atoms with E-state index in [1.54, 1.807) is 12.1 Å². The maximum absolute atomic E-state index is 12.1. The zero-order valence-corrected chi connectivity index (χ0v) is 13.6. The predicted octanol–water partition coefficient (Wildman–Crippen LogP) is 3.75. The quantitative estimate of drug-likeness (QED) is 0.486. The number of nitrogens with zero attached hydrogens (tertiary/aromatic N) is 1. The van der Waals surface area contributed by atoms with Crippen molar-refractivity contribution in [2.24, 2.45) is 10.7 Å². The fourth-order valence-electron chi connectivity index (χ4n) is 2.71. The zero-order chi connectivity index (χ0) is 17.4. The van der Waals surface area contributed by atoms with Crippen molar-refractivity contribution in [2.75, 3.05) is 6.61 Å². The molecule has 134 valence electrons. The molecule has 3 N–H and O–H groups in total. The van der Waals surface area contributed by atoms with Crippen LogP contribution in [0.2, 0.25) is 0 Å². The van der Waals surface area contributed by atoms with Crippen molar-refractivity contribution in [1.82, 2.24) is 5.32 Å². The van der Waals surface area contributed by atoms with Gasteiger partial charge in [0.1, 0.15) is 5.75 Å². The van der Waals surface area contributed by atoms with Crippen molar-refractivity contribution >= 4 is 5.96 Å². The van der Waals surface area contributed by atoms with Gasteiger partial charge in [-0.05, 0) is 30.5 Å². The molecule has 0 amide bonds. The predicted molar refractivity (Wildman–Crippen MR) is 87.9 cm³/mol. The third-order valence-corrected chi connectivity index (χ3v) is 3.97. The van der Waals surface area contributed by atoms with E-state index in [-0.39, 0.29) is 5.75 Å². The van der Waals surface area contributed by atoms with E-state index in [0.717, 1.165) is 18.4 Å². The maximum Gasteiger partial charge on any atom is 0.422 e. The average Bonchev–Trinajstić information content (AvgIpc) is 2.80. The summed E-state index contributed by atoms with van der Waals surface area (Å²) in [6.07, 6.45) is 2.87. The lowest BCUT2D eigenvalue weighted by Gasteiger charge is -2.16. The van der Waals surface area contributed by atoms with Gasteiger partial charge in [-0.2, -0.15) is 13.2 Å². The lowest BCUT2D eigenvalue weighted by molar-refractivity contribution is -0.153. The molecule has 24 heavy (non-hydrogen) atoms. The molecule has 0 bridgehead atoms. The Morgan fingerprint density at radius 3 is 2.33 bits per heavy atom. The van der Waals surface area contributed by atoms with E-state index in [1.165, 1.54) is 37.8 Å². The highest BCUT2D eigenvalue weighted by molar-refractivity contribution is 5.78. The van der Waals surface area contributed by atoms with Crippen LogP contribution in [0, 0.1) is 0 Å². The zero-order valence-electron chi connectivity index (χ0n) is 13.6. The highest BCUT2D eigenvalue weighted by Crippen LogP contribution is 2.19. The second-order valence-electron chi connectivity index (χ2n) is 6.08. The number of aliphatic imine (C=N–C) groups is 1. The topological polar surface area (TPSA) is 59.6 Å². The normalized spacial score (nSPS) is 17.4. The van der Waals surface area contributed by atoms with Gasteiger partial charge in [-0.15, -0.1) is 0 Å². The summed E-state index contributed by atoms with van der Waals surface area (Å²) in [6.45, 7) is -0.909. The number of hydrogen-bond donors (Lipinski definition) is 2. The van der Waals surface area contributed by atoms with Crippen LogP contribution in [0.1, 0.15) is 44.1 Å². The Morgan fingerprint density at radius 1 is 1.12 bits per heavy atom. The average molecular weight is 343 g/mol. The van der Waals surface area contributed by atoms with Gasteiger partial charge >= 0.3 is 6.18 Å². The Balaban J connectivity index is 1.79. The number of halogens is 3. The van der Waals surface area contributed by atoms with Crippen LogP contribution in [0.15, 0.2) is 29.3 Å². The minimum absolute atomic E-state index is 0.185. The molecule has 2 rings (SSSR count). The Hall–Kier alpha value is -1.92. The Bertz CT molecular complexity index is 521. The molecule has 1 aromatic carbocycles. The molecule has 0 aromatic heterocycles. The van der Waals surface area contributed by atoms with Gasteiger partial charge in [0.05, 0.1) is 6.54 Å². The van der Waals surface area contributed by atoms with Crippen LogP contribution >= 0.6 is 0 Å². The minimum atomic E-state index is -4.33. The smallest absolute Gasteiger partial charge is 0.422 e. The highest BCUT2D eigenvalue weighted by Gasteiger charge is 2.28. The van der Waals surface area contributed by atoms with E-state index in [2.05, 4.69) is 15.0 Å². The van der Waals surface area contributed by atoms with Crippen LogP contribution in [0.25, 0.3) is 0 Å². The van der Waals surface area contributed by atoms with Crippen LogP contribution in [-0.2, 0) is 6.54 Å². The van der Waals surface area contributed by atoms with E-state index in [1.807, 2.05) is 0 Å². The van der Waals surface area contributed by atoms with Crippen molar-refractivity contribution in [1.29, 1.82) is 0 Å².